The van der Waals surface area contributed by atoms with Crippen molar-refractivity contribution in [3.8, 4) is 22.4 Å². The fourth-order valence-electron chi connectivity index (χ4n) is 8.63. The molecule has 3 atom stereocenters. The average molecular weight is 536 g/mol. The monoisotopic (exact) mass is 535 g/mol. The van der Waals surface area contributed by atoms with Crippen LogP contribution in [0.25, 0.3) is 33.3 Å². The smallest absolute Gasteiger partial charge is 0.260 e. The zero-order valence-electron chi connectivity index (χ0n) is 24.1. The molecule has 0 radical (unpaired) electrons. The number of hydrogen-bond acceptors (Lipinski definition) is 3. The van der Waals surface area contributed by atoms with Crippen LogP contribution in [0, 0.1) is 16.7 Å². The van der Waals surface area contributed by atoms with Crippen LogP contribution in [0.3, 0.4) is 0 Å². The molecular weight excluding hydrogens is 494 g/mol. The van der Waals surface area contributed by atoms with Gasteiger partial charge in [0.2, 0.25) is 0 Å². The molecule has 2 aliphatic carbocycles. The summed E-state index contributed by atoms with van der Waals surface area (Å²) in [5.74, 6) is 0.677. The van der Waals surface area contributed by atoms with Gasteiger partial charge in [0.05, 0.1) is 29.8 Å². The van der Waals surface area contributed by atoms with E-state index in [4.69, 9.17) is 4.74 Å². The zero-order chi connectivity index (χ0) is 27.5. The standard InChI is InChI=1S/C35H41N3O2/c1-34(2)27-14-16-35(3,24-27)33(34)38-17-15-28-30(32(38)39)29(25-10-6-4-7-11-25)31(26-12-8-5-9-13-26)37(28)19-18-36-20-22-40-23-21-36/h4-13,15,17,27,33H,14,16,18-24H2,1-3H3. The molecule has 0 amide bonds. The quantitative estimate of drug-likeness (QED) is 0.271. The second-order valence-electron chi connectivity index (χ2n) is 13.2. The van der Waals surface area contributed by atoms with E-state index in [0.29, 0.717) is 5.92 Å². The van der Waals surface area contributed by atoms with Gasteiger partial charge in [0, 0.05) is 44.0 Å². The van der Waals surface area contributed by atoms with Crippen molar-refractivity contribution in [1.29, 1.82) is 0 Å². The van der Waals surface area contributed by atoms with Crippen LogP contribution in [0.5, 0.6) is 0 Å². The summed E-state index contributed by atoms with van der Waals surface area (Å²) in [4.78, 5) is 17.3. The molecule has 4 aromatic rings. The molecule has 3 unspecified atom stereocenters. The highest BCUT2D eigenvalue weighted by Crippen LogP contribution is 2.67. The molecule has 2 aromatic heterocycles. The summed E-state index contributed by atoms with van der Waals surface area (Å²) in [5, 5.41) is 0.858. The lowest BCUT2D eigenvalue weighted by molar-refractivity contribution is 0.0366. The van der Waals surface area contributed by atoms with Crippen LogP contribution in [-0.2, 0) is 11.3 Å². The normalized spacial score (nSPS) is 26.1. The van der Waals surface area contributed by atoms with Crippen molar-refractivity contribution in [1.82, 2.24) is 14.0 Å². The molecule has 208 valence electrons. The van der Waals surface area contributed by atoms with E-state index < -0.39 is 0 Å². The maximum atomic E-state index is 14.8. The van der Waals surface area contributed by atoms with Gasteiger partial charge in [0.25, 0.3) is 5.56 Å². The molecule has 1 aliphatic heterocycles. The van der Waals surface area contributed by atoms with Gasteiger partial charge in [-0.05, 0) is 53.2 Å². The van der Waals surface area contributed by atoms with Gasteiger partial charge in [-0.15, -0.1) is 0 Å². The Kier molecular flexibility index (Phi) is 6.28. The van der Waals surface area contributed by atoms with Gasteiger partial charge in [-0.2, -0.15) is 0 Å². The van der Waals surface area contributed by atoms with Crippen LogP contribution in [0.1, 0.15) is 46.1 Å². The molecule has 3 heterocycles. The Morgan fingerprint density at radius 3 is 2.20 bits per heavy atom. The lowest BCUT2D eigenvalue weighted by atomic mass is 9.68. The van der Waals surface area contributed by atoms with Crippen molar-refractivity contribution in [2.45, 2.75) is 52.6 Å². The Morgan fingerprint density at radius 2 is 1.55 bits per heavy atom. The van der Waals surface area contributed by atoms with Crippen molar-refractivity contribution >= 4 is 10.9 Å². The molecule has 3 fully saturated rings. The highest BCUT2D eigenvalue weighted by atomic mass is 16.5. The van der Waals surface area contributed by atoms with Crippen LogP contribution < -0.4 is 5.56 Å². The van der Waals surface area contributed by atoms with Gasteiger partial charge < -0.3 is 13.9 Å². The van der Waals surface area contributed by atoms with Gasteiger partial charge in [-0.1, -0.05) is 81.4 Å². The van der Waals surface area contributed by atoms with Gasteiger partial charge in [-0.25, -0.2) is 0 Å². The maximum absolute atomic E-state index is 14.8. The van der Waals surface area contributed by atoms with Gasteiger partial charge in [0.1, 0.15) is 0 Å². The topological polar surface area (TPSA) is 39.4 Å². The van der Waals surface area contributed by atoms with Gasteiger partial charge in [0.15, 0.2) is 0 Å². The molecule has 1 saturated heterocycles. The van der Waals surface area contributed by atoms with Crippen LogP contribution in [0.2, 0.25) is 0 Å². The fraction of sp³-hybridized carbons (Fsp3) is 0.457. The third kappa shape index (κ3) is 4.01. The first-order chi connectivity index (χ1) is 19.4. The molecule has 2 bridgehead atoms. The Labute approximate surface area is 237 Å². The molecule has 5 nitrogen and oxygen atoms in total. The number of aromatic nitrogens is 2. The first-order valence-electron chi connectivity index (χ1n) is 15.1. The summed E-state index contributed by atoms with van der Waals surface area (Å²) < 4.78 is 10.2. The molecule has 40 heavy (non-hydrogen) atoms. The third-order valence-corrected chi connectivity index (χ3v) is 10.5. The van der Waals surface area contributed by atoms with Crippen LogP contribution in [0.15, 0.2) is 77.7 Å². The Hall–Kier alpha value is -3.15. The number of nitrogens with zero attached hydrogens (tertiary/aromatic N) is 3. The van der Waals surface area contributed by atoms with E-state index in [2.05, 4.69) is 108 Å². The highest BCUT2D eigenvalue weighted by Gasteiger charge is 2.60. The number of pyridine rings is 1. The van der Waals surface area contributed by atoms with Crippen molar-refractivity contribution in [2.24, 2.45) is 16.7 Å². The third-order valence-electron chi connectivity index (χ3n) is 10.5. The maximum Gasteiger partial charge on any atom is 0.260 e. The number of ether oxygens (including phenoxy) is 1. The highest BCUT2D eigenvalue weighted by molar-refractivity contribution is 6.04. The first kappa shape index (κ1) is 25.8. The second kappa shape index (κ2) is 9.74. The summed E-state index contributed by atoms with van der Waals surface area (Å²) in [7, 11) is 0. The van der Waals surface area contributed by atoms with Gasteiger partial charge in [-0.3, -0.25) is 9.69 Å². The van der Waals surface area contributed by atoms with E-state index in [1.165, 1.54) is 19.3 Å². The number of fused-ring (bicyclic) bond motifs is 3. The Balaban J connectivity index is 1.48. The number of hydrogen-bond donors (Lipinski definition) is 0. The zero-order valence-corrected chi connectivity index (χ0v) is 24.1. The minimum Gasteiger partial charge on any atom is -0.379 e. The summed E-state index contributed by atoms with van der Waals surface area (Å²) in [6.07, 6.45) is 5.83. The molecule has 2 saturated carbocycles. The summed E-state index contributed by atoms with van der Waals surface area (Å²) >= 11 is 0. The summed E-state index contributed by atoms with van der Waals surface area (Å²) in [6.45, 7) is 12.4. The SMILES string of the molecule is CC12CCC(C1)C(C)(C)C2n1ccc2c(c(-c3ccccc3)c(-c3ccccc3)n2CCN2CCOCC2)c1=O. The molecular formula is C35H41N3O2. The largest absolute Gasteiger partial charge is 0.379 e. The summed E-state index contributed by atoms with van der Waals surface area (Å²) in [5.41, 5.74) is 5.92. The molecule has 0 spiro atoms. The minimum absolute atomic E-state index is 0.0958. The molecule has 2 aromatic carbocycles. The predicted octanol–water partition coefficient (Wildman–Crippen LogP) is 6.86. The summed E-state index contributed by atoms with van der Waals surface area (Å²) in [6, 6.07) is 23.6. The minimum atomic E-state index is 0.0958. The lowest BCUT2D eigenvalue weighted by Gasteiger charge is -2.43. The molecule has 7 rings (SSSR count). The molecule has 5 heteroatoms. The second-order valence-corrected chi connectivity index (χ2v) is 13.2. The molecule has 3 aliphatic rings. The van der Waals surface area contributed by atoms with E-state index in [9.17, 15) is 4.79 Å². The lowest BCUT2D eigenvalue weighted by Crippen LogP contribution is -2.41. The van der Waals surface area contributed by atoms with Crippen molar-refractivity contribution < 1.29 is 4.74 Å². The average Bonchev–Trinajstić information content (AvgIpc) is 3.59. The number of benzene rings is 2. The predicted molar refractivity (Wildman–Crippen MR) is 163 cm³/mol. The van der Waals surface area contributed by atoms with E-state index >= 15 is 0 Å². The van der Waals surface area contributed by atoms with Crippen LogP contribution >= 0.6 is 0 Å². The number of rotatable bonds is 6. The fourth-order valence-corrected chi connectivity index (χ4v) is 8.63. The van der Waals surface area contributed by atoms with E-state index in [1.54, 1.807) is 0 Å². The first-order valence-corrected chi connectivity index (χ1v) is 15.1. The van der Waals surface area contributed by atoms with Gasteiger partial charge >= 0.3 is 0 Å². The van der Waals surface area contributed by atoms with E-state index in [0.717, 1.165) is 72.7 Å². The van der Waals surface area contributed by atoms with E-state index in [-0.39, 0.29) is 22.4 Å². The number of morpholine rings is 1. The Bertz CT molecular complexity index is 1580. The van der Waals surface area contributed by atoms with Crippen LogP contribution in [0.4, 0.5) is 0 Å². The Morgan fingerprint density at radius 1 is 0.875 bits per heavy atom. The van der Waals surface area contributed by atoms with Crippen molar-refractivity contribution in [2.75, 3.05) is 32.8 Å². The van der Waals surface area contributed by atoms with Crippen molar-refractivity contribution in [3.63, 3.8) is 0 Å². The molecule has 0 N–H and O–H groups in total. The van der Waals surface area contributed by atoms with E-state index in [1.807, 2.05) is 0 Å². The van der Waals surface area contributed by atoms with Crippen molar-refractivity contribution in [3.05, 3.63) is 83.3 Å². The van der Waals surface area contributed by atoms with Crippen LogP contribution in [-0.4, -0.2) is 46.9 Å².